The van der Waals surface area contributed by atoms with E-state index in [2.05, 4.69) is 4.99 Å². The highest BCUT2D eigenvalue weighted by atomic mass is 32.1. The number of carboxylic acids is 1. The SMILES string of the molecule is NC(=O)CC(C(=O)O)n1c(O)c(C2=c3cc(F)ccc3=NC2=O)sc1=S. The van der Waals surface area contributed by atoms with Gasteiger partial charge in [0.05, 0.1) is 17.4 Å². The first-order chi connectivity index (χ1) is 12.2. The van der Waals surface area contributed by atoms with E-state index < -0.39 is 41.9 Å². The molecule has 0 aliphatic carbocycles. The predicted octanol–water partition coefficient (Wildman–Crippen LogP) is -0.0163. The summed E-state index contributed by atoms with van der Waals surface area (Å²) < 4.78 is 14.3. The van der Waals surface area contributed by atoms with Gasteiger partial charge in [0.25, 0.3) is 5.91 Å². The molecule has 0 fully saturated rings. The zero-order valence-electron chi connectivity index (χ0n) is 12.8. The van der Waals surface area contributed by atoms with Crippen LogP contribution >= 0.6 is 23.6 Å². The molecular formula is C15H10FN3O5S2. The van der Waals surface area contributed by atoms with Crippen LogP contribution in [0.15, 0.2) is 23.2 Å². The topological polar surface area (TPSA) is 135 Å². The van der Waals surface area contributed by atoms with Crippen molar-refractivity contribution in [2.45, 2.75) is 12.5 Å². The first-order valence-electron chi connectivity index (χ1n) is 7.09. The molecule has 0 saturated heterocycles. The minimum absolute atomic E-state index is 0.0520. The van der Waals surface area contributed by atoms with Crippen molar-refractivity contribution in [2.75, 3.05) is 0 Å². The van der Waals surface area contributed by atoms with Crippen LogP contribution in [0.5, 0.6) is 5.88 Å². The standard InChI is InChI=1S/C15H10FN3O5S2/c16-5-1-2-7-6(3-5)10(12(21)18-7)11-13(22)19(15(25)26-11)8(14(23)24)4-9(17)20/h1-3,8,22H,4H2,(H2,17,20)(H,23,24). The monoisotopic (exact) mass is 395 g/mol. The van der Waals surface area contributed by atoms with E-state index in [9.17, 15) is 29.0 Å². The molecule has 1 aromatic heterocycles. The van der Waals surface area contributed by atoms with E-state index >= 15 is 0 Å². The Hall–Kier alpha value is -2.92. The van der Waals surface area contributed by atoms with Crippen LogP contribution in [0, 0.1) is 9.77 Å². The average Bonchev–Trinajstić information content (AvgIpc) is 3.00. The summed E-state index contributed by atoms with van der Waals surface area (Å²) in [6.07, 6.45) is -0.605. The number of carboxylic acid groups (broad SMARTS) is 1. The summed E-state index contributed by atoms with van der Waals surface area (Å²) in [5.74, 6) is -4.28. The molecule has 1 unspecified atom stereocenters. The predicted molar refractivity (Wildman–Crippen MR) is 90.0 cm³/mol. The Morgan fingerprint density at radius 3 is 2.73 bits per heavy atom. The Bertz CT molecular complexity index is 1150. The van der Waals surface area contributed by atoms with Crippen molar-refractivity contribution in [1.82, 2.24) is 4.57 Å². The van der Waals surface area contributed by atoms with Gasteiger partial charge in [-0.1, -0.05) is 0 Å². The molecule has 0 saturated carbocycles. The highest BCUT2D eigenvalue weighted by Gasteiger charge is 2.31. The van der Waals surface area contributed by atoms with Crippen LogP contribution in [0.2, 0.25) is 0 Å². The number of nitrogens with zero attached hydrogens (tertiary/aromatic N) is 2. The zero-order valence-corrected chi connectivity index (χ0v) is 14.4. The van der Waals surface area contributed by atoms with Crippen molar-refractivity contribution in [3.05, 3.63) is 43.4 Å². The normalized spacial score (nSPS) is 14.0. The van der Waals surface area contributed by atoms with Crippen molar-refractivity contribution in [1.29, 1.82) is 0 Å². The second-order valence-corrected chi connectivity index (χ2v) is 7.01. The summed E-state index contributed by atoms with van der Waals surface area (Å²) in [6, 6.07) is 2.00. The van der Waals surface area contributed by atoms with Gasteiger partial charge in [0, 0.05) is 5.22 Å². The number of hydrogen-bond donors (Lipinski definition) is 3. The zero-order chi connectivity index (χ0) is 19.2. The van der Waals surface area contributed by atoms with Crippen molar-refractivity contribution >= 4 is 46.9 Å². The number of hydrogen-bond acceptors (Lipinski definition) is 6. The number of nitrogens with two attached hydrogens (primary N) is 1. The quantitative estimate of drug-likeness (QED) is 0.609. The number of aromatic nitrogens is 1. The van der Waals surface area contributed by atoms with E-state index in [0.29, 0.717) is 0 Å². The Labute approximate surface area is 153 Å². The minimum atomic E-state index is -1.54. The number of rotatable bonds is 5. The maximum Gasteiger partial charge on any atom is 0.327 e. The lowest BCUT2D eigenvalue weighted by molar-refractivity contribution is -0.143. The lowest BCUT2D eigenvalue weighted by atomic mass is 10.1. The molecule has 3 rings (SSSR count). The summed E-state index contributed by atoms with van der Waals surface area (Å²) >= 11 is 5.84. The van der Waals surface area contributed by atoms with Crippen LogP contribution in [0.25, 0.3) is 5.57 Å². The third-order valence-corrected chi connectivity index (χ3v) is 5.11. The van der Waals surface area contributed by atoms with Crippen molar-refractivity contribution in [3.63, 3.8) is 0 Å². The number of carbonyl (C=O) groups excluding carboxylic acids is 2. The van der Waals surface area contributed by atoms with Crippen LogP contribution in [0.1, 0.15) is 17.3 Å². The summed E-state index contributed by atoms with van der Waals surface area (Å²) in [6.45, 7) is 0. The van der Waals surface area contributed by atoms with Gasteiger partial charge in [0.15, 0.2) is 3.95 Å². The molecule has 1 aliphatic heterocycles. The number of aromatic hydroxyl groups is 1. The van der Waals surface area contributed by atoms with Crippen molar-refractivity contribution < 1.29 is 29.0 Å². The van der Waals surface area contributed by atoms with Crippen molar-refractivity contribution in [2.24, 2.45) is 10.7 Å². The Morgan fingerprint density at radius 2 is 2.12 bits per heavy atom. The van der Waals surface area contributed by atoms with Gasteiger partial charge in [-0.3, -0.25) is 14.2 Å². The van der Waals surface area contributed by atoms with Gasteiger partial charge in [0.1, 0.15) is 16.7 Å². The Balaban J connectivity index is 2.27. The first kappa shape index (κ1) is 17.9. The number of amides is 2. The Morgan fingerprint density at radius 1 is 1.42 bits per heavy atom. The van der Waals surface area contributed by atoms with Crippen LogP contribution in [0.3, 0.4) is 0 Å². The lowest BCUT2D eigenvalue weighted by Crippen LogP contribution is -2.25. The number of primary amides is 1. The fourth-order valence-corrected chi connectivity index (χ4v) is 4.04. The molecular weight excluding hydrogens is 385 g/mol. The van der Waals surface area contributed by atoms with Crippen molar-refractivity contribution in [3.8, 4) is 5.88 Å². The molecule has 11 heteroatoms. The maximum absolute atomic E-state index is 13.6. The van der Waals surface area contributed by atoms with E-state index in [1.165, 1.54) is 6.07 Å². The maximum atomic E-state index is 13.6. The third-order valence-electron chi connectivity index (χ3n) is 3.70. The highest BCUT2D eigenvalue weighted by molar-refractivity contribution is 7.73. The molecule has 134 valence electrons. The molecule has 4 N–H and O–H groups in total. The molecule has 26 heavy (non-hydrogen) atoms. The molecule has 2 heterocycles. The van der Waals surface area contributed by atoms with Gasteiger partial charge < -0.3 is 15.9 Å². The molecule has 1 aliphatic rings. The molecule has 1 aromatic carbocycles. The number of carbonyl (C=O) groups is 3. The van der Waals surface area contributed by atoms with Gasteiger partial charge in [-0.05, 0) is 30.4 Å². The van der Waals surface area contributed by atoms with E-state index in [1.54, 1.807) is 0 Å². The number of fused-ring (bicyclic) bond motifs is 1. The van der Waals surface area contributed by atoms with Gasteiger partial charge in [-0.15, -0.1) is 11.3 Å². The summed E-state index contributed by atoms with van der Waals surface area (Å²) in [5, 5.41) is 20.2. The molecule has 2 aromatic rings. The van der Waals surface area contributed by atoms with Crippen LogP contribution < -0.4 is 16.3 Å². The molecule has 1 atom stereocenters. The summed E-state index contributed by atoms with van der Waals surface area (Å²) in [7, 11) is 0. The van der Waals surface area contributed by atoms with Crippen LogP contribution in [-0.2, 0) is 14.4 Å². The first-order valence-corrected chi connectivity index (χ1v) is 8.32. The van der Waals surface area contributed by atoms with Gasteiger partial charge in [-0.25, -0.2) is 14.2 Å². The fourth-order valence-electron chi connectivity index (χ4n) is 2.60. The highest BCUT2D eigenvalue weighted by Crippen LogP contribution is 2.35. The second kappa shape index (κ2) is 6.42. The molecule has 8 nitrogen and oxygen atoms in total. The number of benzene rings is 1. The van der Waals surface area contributed by atoms with E-state index in [0.717, 1.165) is 28.0 Å². The van der Waals surface area contributed by atoms with E-state index in [1.807, 2.05) is 0 Å². The van der Waals surface area contributed by atoms with Gasteiger partial charge in [0.2, 0.25) is 11.8 Å². The van der Waals surface area contributed by atoms with E-state index in [4.69, 9.17) is 18.0 Å². The molecule has 0 radical (unpaired) electrons. The summed E-state index contributed by atoms with van der Waals surface area (Å²) in [5.41, 5.74) is 4.97. The van der Waals surface area contributed by atoms with Gasteiger partial charge in [-0.2, -0.15) is 0 Å². The van der Waals surface area contributed by atoms with Gasteiger partial charge >= 0.3 is 5.97 Å². The largest absolute Gasteiger partial charge is 0.493 e. The number of halogens is 1. The van der Waals surface area contributed by atoms with E-state index in [-0.39, 0.29) is 25.0 Å². The molecule has 0 bridgehead atoms. The molecule has 2 amide bonds. The van der Waals surface area contributed by atoms with Crippen LogP contribution in [0.4, 0.5) is 4.39 Å². The number of aliphatic carboxylic acids is 1. The smallest absolute Gasteiger partial charge is 0.327 e. The Kier molecular flexibility index (Phi) is 4.42. The van der Waals surface area contributed by atoms with Crippen LogP contribution in [-0.4, -0.2) is 32.6 Å². The third kappa shape index (κ3) is 2.91. The second-order valence-electron chi connectivity index (χ2n) is 5.37. The summed E-state index contributed by atoms with van der Waals surface area (Å²) in [4.78, 5) is 38.6. The molecule has 0 spiro atoms. The minimum Gasteiger partial charge on any atom is -0.493 e. The average molecular weight is 395 g/mol. The fraction of sp³-hybridized carbons (Fsp3) is 0.133. The number of thiazole rings is 1. The lowest BCUT2D eigenvalue weighted by Gasteiger charge is -2.13.